The Balaban J connectivity index is 2.25. The fraction of sp³-hybridized carbons (Fsp3) is 0.200. The van der Waals surface area contributed by atoms with Crippen LogP contribution in [-0.2, 0) is 11.2 Å². The molecule has 2 aromatic carbocycles. The van der Waals surface area contributed by atoms with Gasteiger partial charge in [0, 0.05) is 5.56 Å². The number of allylic oxidation sites excluding steroid dienone is 1. The molecule has 1 atom stereocenters. The highest BCUT2D eigenvalue weighted by atomic mass is 79.9. The van der Waals surface area contributed by atoms with Crippen molar-refractivity contribution in [2.75, 3.05) is 20.0 Å². The highest BCUT2D eigenvalue weighted by Crippen LogP contribution is 2.48. The van der Waals surface area contributed by atoms with Crippen LogP contribution in [0, 0.1) is 11.3 Å². The number of nitriles is 1. The molecule has 1 heterocycles. The number of rotatable bonds is 5. The number of carbonyl (C=O) groups is 1. The predicted octanol–water partition coefficient (Wildman–Crippen LogP) is 2.29. The van der Waals surface area contributed by atoms with Crippen LogP contribution < -0.4 is 31.4 Å². The number of primary amides is 1. The molecule has 0 aliphatic carbocycles. The number of fused-ring (bicyclic) bond motifs is 1. The van der Waals surface area contributed by atoms with Gasteiger partial charge in [0.25, 0.3) is 0 Å². The normalized spacial score (nSPS) is 15.2. The van der Waals surface area contributed by atoms with E-state index in [1.807, 2.05) is 6.07 Å². The Bertz CT molecular complexity index is 1080. The molecular formula is C20H19BrN4O4. The molecular weight excluding hydrogens is 440 g/mol. The van der Waals surface area contributed by atoms with Crippen LogP contribution in [0.2, 0.25) is 0 Å². The third-order valence-electron chi connectivity index (χ3n) is 4.67. The molecule has 0 spiro atoms. The molecule has 0 unspecified atom stereocenters. The summed E-state index contributed by atoms with van der Waals surface area (Å²) in [5.74, 6) is 0.184. The maximum atomic E-state index is 11.3. The molecule has 6 N–H and O–H groups in total. The number of methoxy groups -OCH3 is 2. The average Bonchev–Trinajstić information content (AvgIpc) is 2.68. The smallest absolute Gasteiger partial charge is 0.221 e. The summed E-state index contributed by atoms with van der Waals surface area (Å²) in [6, 6.07) is 9.16. The second-order valence-electron chi connectivity index (χ2n) is 6.36. The van der Waals surface area contributed by atoms with Gasteiger partial charge >= 0.3 is 0 Å². The SMILES string of the molecule is COc1cc([C@H]2C(C#N)=C(N)Oc3c2ccc(CC(N)=O)c3N)cc(Br)c1OC. The summed E-state index contributed by atoms with van der Waals surface area (Å²) >= 11 is 3.47. The molecule has 0 saturated heterocycles. The number of nitrogens with zero attached hydrogens (tertiary/aromatic N) is 1. The zero-order valence-corrected chi connectivity index (χ0v) is 17.4. The van der Waals surface area contributed by atoms with Crippen LogP contribution in [0.25, 0.3) is 0 Å². The van der Waals surface area contributed by atoms with Gasteiger partial charge in [-0.1, -0.05) is 12.1 Å². The van der Waals surface area contributed by atoms with E-state index >= 15 is 0 Å². The van der Waals surface area contributed by atoms with Crippen LogP contribution in [0.5, 0.6) is 17.2 Å². The number of ether oxygens (including phenoxy) is 3. The van der Waals surface area contributed by atoms with Crippen molar-refractivity contribution in [1.29, 1.82) is 5.26 Å². The van der Waals surface area contributed by atoms with Crippen molar-refractivity contribution in [2.24, 2.45) is 11.5 Å². The van der Waals surface area contributed by atoms with Gasteiger partial charge in [-0.25, -0.2) is 0 Å². The van der Waals surface area contributed by atoms with Crippen molar-refractivity contribution in [1.82, 2.24) is 0 Å². The van der Waals surface area contributed by atoms with Crippen LogP contribution >= 0.6 is 15.9 Å². The summed E-state index contributed by atoms with van der Waals surface area (Å²) in [5.41, 5.74) is 19.9. The summed E-state index contributed by atoms with van der Waals surface area (Å²) in [6.07, 6.45) is -0.0379. The average molecular weight is 459 g/mol. The monoisotopic (exact) mass is 458 g/mol. The van der Waals surface area contributed by atoms with E-state index in [1.165, 1.54) is 14.2 Å². The zero-order valence-electron chi connectivity index (χ0n) is 15.8. The summed E-state index contributed by atoms with van der Waals surface area (Å²) in [7, 11) is 3.06. The first kappa shape index (κ1) is 20.4. The fourth-order valence-electron chi connectivity index (χ4n) is 3.37. The second-order valence-corrected chi connectivity index (χ2v) is 7.22. The van der Waals surface area contributed by atoms with E-state index in [9.17, 15) is 10.1 Å². The number of hydrogen-bond acceptors (Lipinski definition) is 7. The first-order chi connectivity index (χ1) is 13.8. The molecule has 3 rings (SSSR count). The molecule has 1 aliphatic heterocycles. The van der Waals surface area contributed by atoms with E-state index in [4.69, 9.17) is 31.4 Å². The Hall–Kier alpha value is -3.38. The summed E-state index contributed by atoms with van der Waals surface area (Å²) in [6.45, 7) is 0. The summed E-state index contributed by atoms with van der Waals surface area (Å²) in [4.78, 5) is 11.3. The Kier molecular flexibility index (Phi) is 5.57. The Morgan fingerprint density at radius 3 is 2.59 bits per heavy atom. The number of carbonyl (C=O) groups excluding carboxylic acids is 1. The molecule has 9 heteroatoms. The predicted molar refractivity (Wildman–Crippen MR) is 110 cm³/mol. The van der Waals surface area contributed by atoms with Crippen molar-refractivity contribution in [3.05, 3.63) is 56.9 Å². The van der Waals surface area contributed by atoms with Gasteiger partial charge < -0.3 is 31.4 Å². The molecule has 1 amide bonds. The number of amides is 1. The van der Waals surface area contributed by atoms with Gasteiger partial charge in [-0.2, -0.15) is 5.26 Å². The van der Waals surface area contributed by atoms with Crippen LogP contribution in [0.4, 0.5) is 5.69 Å². The molecule has 0 saturated carbocycles. The Labute approximate surface area is 175 Å². The van der Waals surface area contributed by atoms with Gasteiger partial charge in [-0.3, -0.25) is 4.79 Å². The molecule has 8 nitrogen and oxygen atoms in total. The molecule has 0 radical (unpaired) electrons. The van der Waals surface area contributed by atoms with E-state index < -0.39 is 11.8 Å². The van der Waals surface area contributed by atoms with Crippen molar-refractivity contribution in [2.45, 2.75) is 12.3 Å². The van der Waals surface area contributed by atoms with Crippen molar-refractivity contribution in [3.8, 4) is 23.3 Å². The standard InChI is InChI=1S/C20H19BrN4O4/c1-27-14-6-10(5-13(21)19(14)28-2)16-11-4-3-9(7-15(23)26)17(24)18(11)29-20(25)12(16)8-22/h3-6,16H,7,24-25H2,1-2H3,(H2,23,26)/t16-/m1/s1. The fourth-order valence-corrected chi connectivity index (χ4v) is 3.99. The quantitative estimate of drug-likeness (QED) is 0.582. The van der Waals surface area contributed by atoms with Gasteiger partial charge in [0.1, 0.15) is 11.6 Å². The van der Waals surface area contributed by atoms with Crippen molar-refractivity contribution >= 4 is 27.5 Å². The van der Waals surface area contributed by atoms with E-state index in [0.29, 0.717) is 32.8 Å². The molecule has 2 aromatic rings. The highest BCUT2D eigenvalue weighted by molar-refractivity contribution is 9.10. The molecule has 0 bridgehead atoms. The lowest BCUT2D eigenvalue weighted by atomic mass is 9.82. The van der Waals surface area contributed by atoms with Gasteiger partial charge in [0.05, 0.1) is 36.7 Å². The van der Waals surface area contributed by atoms with Crippen LogP contribution in [-0.4, -0.2) is 20.1 Å². The summed E-state index contributed by atoms with van der Waals surface area (Å²) in [5, 5.41) is 9.73. The van der Waals surface area contributed by atoms with Gasteiger partial charge in [-0.15, -0.1) is 0 Å². The minimum atomic E-state index is -0.551. The lowest BCUT2D eigenvalue weighted by Gasteiger charge is -2.28. The third-order valence-corrected chi connectivity index (χ3v) is 5.26. The highest BCUT2D eigenvalue weighted by Gasteiger charge is 2.33. The Morgan fingerprint density at radius 1 is 1.28 bits per heavy atom. The third kappa shape index (κ3) is 3.54. The number of nitrogen functional groups attached to an aromatic ring is 1. The van der Waals surface area contributed by atoms with Crippen LogP contribution in [0.3, 0.4) is 0 Å². The maximum Gasteiger partial charge on any atom is 0.221 e. The van der Waals surface area contributed by atoms with E-state index in [1.54, 1.807) is 18.2 Å². The van der Waals surface area contributed by atoms with Crippen molar-refractivity contribution < 1.29 is 19.0 Å². The number of hydrogen-bond donors (Lipinski definition) is 3. The minimum Gasteiger partial charge on any atom is -0.493 e. The van der Waals surface area contributed by atoms with Gasteiger partial charge in [0.15, 0.2) is 17.2 Å². The van der Waals surface area contributed by atoms with E-state index in [0.717, 1.165) is 5.56 Å². The summed E-state index contributed by atoms with van der Waals surface area (Å²) < 4.78 is 17.1. The number of halogens is 1. The topological polar surface area (TPSA) is 147 Å². The Morgan fingerprint density at radius 2 is 2.00 bits per heavy atom. The molecule has 0 fully saturated rings. The molecule has 29 heavy (non-hydrogen) atoms. The van der Waals surface area contributed by atoms with Gasteiger partial charge in [-0.05, 0) is 39.2 Å². The lowest BCUT2D eigenvalue weighted by molar-refractivity contribution is -0.117. The largest absolute Gasteiger partial charge is 0.493 e. The number of benzene rings is 2. The first-order valence-electron chi connectivity index (χ1n) is 8.50. The minimum absolute atomic E-state index is 0.0379. The molecule has 1 aliphatic rings. The maximum absolute atomic E-state index is 11.3. The van der Waals surface area contributed by atoms with Gasteiger partial charge in [0.2, 0.25) is 11.8 Å². The second kappa shape index (κ2) is 7.93. The van der Waals surface area contributed by atoms with E-state index in [2.05, 4.69) is 22.0 Å². The number of nitrogens with two attached hydrogens (primary N) is 3. The van der Waals surface area contributed by atoms with Crippen molar-refractivity contribution in [3.63, 3.8) is 0 Å². The van der Waals surface area contributed by atoms with Crippen LogP contribution in [0.1, 0.15) is 22.6 Å². The molecule has 150 valence electrons. The van der Waals surface area contributed by atoms with E-state index in [-0.39, 0.29) is 23.6 Å². The molecule has 0 aromatic heterocycles. The number of anilines is 1. The first-order valence-corrected chi connectivity index (χ1v) is 9.30. The zero-order chi connectivity index (χ0) is 21.3. The van der Waals surface area contributed by atoms with Crippen LogP contribution in [0.15, 0.2) is 40.2 Å². The lowest BCUT2D eigenvalue weighted by Crippen LogP contribution is -2.23.